The largest absolute Gasteiger partial charge is 0.376 e. The van der Waals surface area contributed by atoms with Crippen molar-refractivity contribution in [3.05, 3.63) is 24.5 Å². The fourth-order valence-electron chi connectivity index (χ4n) is 2.02. The zero-order chi connectivity index (χ0) is 12.8. The second kappa shape index (κ2) is 6.35. The normalized spacial score (nSPS) is 20.2. The minimum absolute atomic E-state index is 0.133. The lowest BCUT2D eigenvalue weighted by atomic mass is 10.1. The van der Waals surface area contributed by atoms with Gasteiger partial charge in [-0.3, -0.25) is 9.48 Å². The molecule has 1 aromatic rings. The predicted molar refractivity (Wildman–Crippen MR) is 69.3 cm³/mol. The average Bonchev–Trinajstić information content (AvgIpc) is 2.78. The van der Waals surface area contributed by atoms with E-state index in [1.165, 1.54) is 12.5 Å². The number of ether oxygens (including phenoxy) is 1. The van der Waals surface area contributed by atoms with Gasteiger partial charge in [-0.1, -0.05) is 6.08 Å². The molecule has 0 aromatic carbocycles. The van der Waals surface area contributed by atoms with Crippen LogP contribution in [0.15, 0.2) is 24.5 Å². The Hall–Kier alpha value is -1.62. The molecule has 1 aliphatic rings. The summed E-state index contributed by atoms with van der Waals surface area (Å²) in [5.74, 6) is -0.133. The number of nitrogens with zero attached hydrogens (tertiary/aromatic N) is 2. The second-order valence-electron chi connectivity index (χ2n) is 4.43. The molecular formula is C13H19N3O2. The summed E-state index contributed by atoms with van der Waals surface area (Å²) in [6.07, 6.45) is 10.4. The van der Waals surface area contributed by atoms with E-state index in [1.54, 1.807) is 12.3 Å². The van der Waals surface area contributed by atoms with Gasteiger partial charge < -0.3 is 10.1 Å². The zero-order valence-corrected chi connectivity index (χ0v) is 10.6. The van der Waals surface area contributed by atoms with E-state index >= 15 is 0 Å². The predicted octanol–water partition coefficient (Wildman–Crippen LogP) is 1.97. The van der Waals surface area contributed by atoms with Crippen molar-refractivity contribution in [3.63, 3.8) is 0 Å². The molecule has 1 fully saturated rings. The van der Waals surface area contributed by atoms with Crippen LogP contribution >= 0.6 is 0 Å². The number of anilines is 1. The number of hydrogen-bond donors (Lipinski definition) is 1. The SMILES string of the molecule is C/C=C/C(=O)Nc1cnn(CC2CCCCO2)c1. The van der Waals surface area contributed by atoms with Crippen LogP contribution in [0.3, 0.4) is 0 Å². The summed E-state index contributed by atoms with van der Waals surface area (Å²) in [6, 6.07) is 0. The molecule has 1 atom stereocenters. The Morgan fingerprint density at radius 1 is 1.67 bits per heavy atom. The van der Waals surface area contributed by atoms with Crippen LogP contribution in [0.1, 0.15) is 26.2 Å². The summed E-state index contributed by atoms with van der Waals surface area (Å²) < 4.78 is 7.47. The monoisotopic (exact) mass is 249 g/mol. The van der Waals surface area contributed by atoms with E-state index in [-0.39, 0.29) is 12.0 Å². The molecule has 1 aliphatic heterocycles. The molecule has 98 valence electrons. The minimum Gasteiger partial charge on any atom is -0.376 e. The third kappa shape index (κ3) is 3.70. The fraction of sp³-hybridized carbons (Fsp3) is 0.538. The molecule has 0 bridgehead atoms. The summed E-state index contributed by atoms with van der Waals surface area (Å²) >= 11 is 0. The summed E-state index contributed by atoms with van der Waals surface area (Å²) in [5, 5.41) is 6.97. The maximum atomic E-state index is 11.4. The highest BCUT2D eigenvalue weighted by Gasteiger charge is 2.14. The fourth-order valence-corrected chi connectivity index (χ4v) is 2.02. The number of rotatable bonds is 4. The summed E-state index contributed by atoms with van der Waals surface area (Å²) in [6.45, 7) is 3.40. The van der Waals surface area contributed by atoms with Crippen molar-refractivity contribution in [1.29, 1.82) is 0 Å². The molecule has 0 saturated carbocycles. The maximum absolute atomic E-state index is 11.4. The number of hydrogen-bond acceptors (Lipinski definition) is 3. The molecule has 2 rings (SSSR count). The lowest BCUT2D eigenvalue weighted by Crippen LogP contribution is -2.24. The number of aromatic nitrogens is 2. The Morgan fingerprint density at radius 2 is 2.56 bits per heavy atom. The lowest BCUT2D eigenvalue weighted by molar-refractivity contribution is -0.111. The summed E-state index contributed by atoms with van der Waals surface area (Å²) in [5.41, 5.74) is 0.717. The molecule has 2 heterocycles. The van der Waals surface area contributed by atoms with Crippen LogP contribution in [0, 0.1) is 0 Å². The van der Waals surface area contributed by atoms with Crippen LogP contribution in [0.5, 0.6) is 0 Å². The highest BCUT2D eigenvalue weighted by atomic mass is 16.5. The highest BCUT2D eigenvalue weighted by molar-refractivity contribution is 5.98. The molecule has 0 spiro atoms. The quantitative estimate of drug-likeness (QED) is 0.830. The molecule has 1 aromatic heterocycles. The van der Waals surface area contributed by atoms with E-state index in [4.69, 9.17) is 4.74 Å². The van der Waals surface area contributed by atoms with Crippen molar-refractivity contribution in [1.82, 2.24) is 9.78 Å². The Kier molecular flexibility index (Phi) is 4.52. The van der Waals surface area contributed by atoms with Crippen LogP contribution in [0.4, 0.5) is 5.69 Å². The van der Waals surface area contributed by atoms with E-state index in [9.17, 15) is 4.79 Å². The number of amides is 1. The van der Waals surface area contributed by atoms with E-state index in [0.29, 0.717) is 5.69 Å². The zero-order valence-electron chi connectivity index (χ0n) is 10.6. The lowest BCUT2D eigenvalue weighted by Gasteiger charge is -2.22. The first-order valence-corrected chi connectivity index (χ1v) is 6.35. The van der Waals surface area contributed by atoms with Gasteiger partial charge in [-0.15, -0.1) is 0 Å². The third-order valence-corrected chi connectivity index (χ3v) is 2.88. The van der Waals surface area contributed by atoms with E-state index in [1.807, 2.05) is 17.8 Å². The van der Waals surface area contributed by atoms with E-state index < -0.39 is 0 Å². The molecule has 1 saturated heterocycles. The van der Waals surface area contributed by atoms with Gasteiger partial charge in [0.05, 0.1) is 24.5 Å². The average molecular weight is 249 g/mol. The van der Waals surface area contributed by atoms with Gasteiger partial charge in [0, 0.05) is 12.8 Å². The topological polar surface area (TPSA) is 56.2 Å². The molecule has 18 heavy (non-hydrogen) atoms. The third-order valence-electron chi connectivity index (χ3n) is 2.88. The minimum atomic E-state index is -0.133. The number of carbonyl (C=O) groups excluding carboxylic acids is 1. The van der Waals surface area contributed by atoms with Crippen molar-refractivity contribution < 1.29 is 9.53 Å². The molecule has 0 aliphatic carbocycles. The van der Waals surface area contributed by atoms with Crippen LogP contribution in [-0.4, -0.2) is 28.4 Å². The molecule has 1 unspecified atom stereocenters. The smallest absolute Gasteiger partial charge is 0.248 e. The Labute approximate surface area is 107 Å². The molecule has 1 N–H and O–H groups in total. The van der Waals surface area contributed by atoms with Crippen molar-refractivity contribution in [2.24, 2.45) is 0 Å². The van der Waals surface area contributed by atoms with Crippen molar-refractivity contribution >= 4 is 11.6 Å². The highest BCUT2D eigenvalue weighted by Crippen LogP contribution is 2.15. The Morgan fingerprint density at radius 3 is 3.28 bits per heavy atom. The van der Waals surface area contributed by atoms with Gasteiger partial charge in [-0.25, -0.2) is 0 Å². The molecular weight excluding hydrogens is 230 g/mol. The molecule has 0 radical (unpaired) electrons. The van der Waals surface area contributed by atoms with Gasteiger partial charge in [-0.2, -0.15) is 5.10 Å². The van der Waals surface area contributed by atoms with Gasteiger partial charge in [-0.05, 0) is 32.3 Å². The summed E-state index contributed by atoms with van der Waals surface area (Å²) in [4.78, 5) is 11.4. The van der Waals surface area contributed by atoms with Crippen LogP contribution in [-0.2, 0) is 16.1 Å². The van der Waals surface area contributed by atoms with Gasteiger partial charge in [0.15, 0.2) is 0 Å². The molecule has 1 amide bonds. The maximum Gasteiger partial charge on any atom is 0.248 e. The standard InChI is InChI=1S/C13H19N3O2/c1-2-5-13(17)15-11-8-14-16(9-11)10-12-6-3-4-7-18-12/h2,5,8-9,12H,3-4,6-7,10H2,1H3,(H,15,17)/b5-2+. The Bertz CT molecular complexity index is 420. The van der Waals surface area contributed by atoms with E-state index in [2.05, 4.69) is 10.4 Å². The molecule has 5 heteroatoms. The van der Waals surface area contributed by atoms with Gasteiger partial charge >= 0.3 is 0 Å². The molecule has 5 nitrogen and oxygen atoms in total. The Balaban J connectivity index is 1.87. The van der Waals surface area contributed by atoms with Crippen LogP contribution in [0.2, 0.25) is 0 Å². The van der Waals surface area contributed by atoms with E-state index in [0.717, 1.165) is 26.0 Å². The van der Waals surface area contributed by atoms with Gasteiger partial charge in [0.2, 0.25) is 5.91 Å². The van der Waals surface area contributed by atoms with Crippen molar-refractivity contribution in [3.8, 4) is 0 Å². The first kappa shape index (κ1) is 12.8. The number of carbonyl (C=O) groups is 1. The first-order valence-electron chi connectivity index (χ1n) is 6.35. The van der Waals surface area contributed by atoms with Crippen molar-refractivity contribution in [2.45, 2.75) is 38.8 Å². The van der Waals surface area contributed by atoms with Gasteiger partial charge in [0.1, 0.15) is 0 Å². The summed E-state index contributed by atoms with van der Waals surface area (Å²) in [7, 11) is 0. The first-order chi connectivity index (χ1) is 8.78. The second-order valence-corrected chi connectivity index (χ2v) is 4.43. The van der Waals surface area contributed by atoms with Crippen LogP contribution in [0.25, 0.3) is 0 Å². The van der Waals surface area contributed by atoms with Crippen molar-refractivity contribution in [2.75, 3.05) is 11.9 Å². The van der Waals surface area contributed by atoms with Crippen LogP contribution < -0.4 is 5.32 Å². The number of allylic oxidation sites excluding steroid dienone is 1. The number of nitrogens with one attached hydrogen (secondary N) is 1. The van der Waals surface area contributed by atoms with Gasteiger partial charge in [0.25, 0.3) is 0 Å².